The molecule has 30 heavy (non-hydrogen) atoms. The number of sulfonamides is 1. The fourth-order valence-electron chi connectivity index (χ4n) is 2.60. The zero-order chi connectivity index (χ0) is 21.4. The summed E-state index contributed by atoms with van der Waals surface area (Å²) in [6.45, 7) is 2.00. The maximum Gasteiger partial charge on any atom is 0.270 e. The number of amides is 1. The van der Waals surface area contributed by atoms with E-state index < -0.39 is 10.0 Å². The Hall–Kier alpha value is -3.46. The van der Waals surface area contributed by atoms with E-state index in [4.69, 9.17) is 0 Å². The lowest BCUT2D eigenvalue weighted by molar-refractivity contribution is 0.0949. The molecule has 0 radical (unpaired) electrons. The smallest absolute Gasteiger partial charge is 0.270 e. The average molecular weight is 426 g/mol. The van der Waals surface area contributed by atoms with Crippen LogP contribution in [-0.4, -0.2) is 36.6 Å². The molecule has 156 valence electrons. The summed E-state index contributed by atoms with van der Waals surface area (Å²) in [5.74, 6) is 0.0756. The summed E-state index contributed by atoms with van der Waals surface area (Å²) in [5.41, 5.74) is 2.60. The summed E-state index contributed by atoms with van der Waals surface area (Å²) < 4.78 is 25.7. The molecule has 0 aliphatic rings. The Morgan fingerprint density at radius 2 is 1.70 bits per heavy atom. The molecule has 8 nitrogen and oxygen atoms in total. The van der Waals surface area contributed by atoms with Gasteiger partial charge in [0.1, 0.15) is 5.69 Å². The van der Waals surface area contributed by atoms with Crippen molar-refractivity contribution in [3.63, 3.8) is 0 Å². The molecule has 3 aromatic rings. The second kappa shape index (κ2) is 9.84. The Balaban J connectivity index is 1.52. The Morgan fingerprint density at radius 3 is 2.40 bits per heavy atom. The van der Waals surface area contributed by atoms with Gasteiger partial charge in [-0.3, -0.25) is 9.52 Å². The van der Waals surface area contributed by atoms with Crippen molar-refractivity contribution < 1.29 is 13.2 Å². The van der Waals surface area contributed by atoms with Crippen LogP contribution < -0.4 is 15.4 Å². The molecule has 0 fully saturated rings. The van der Waals surface area contributed by atoms with Gasteiger partial charge < -0.3 is 10.6 Å². The van der Waals surface area contributed by atoms with E-state index in [2.05, 4.69) is 25.3 Å². The lowest BCUT2D eigenvalue weighted by Crippen LogP contribution is -2.26. The van der Waals surface area contributed by atoms with Crippen LogP contribution in [0.1, 0.15) is 23.0 Å². The zero-order valence-electron chi connectivity index (χ0n) is 16.5. The third-order valence-electron chi connectivity index (χ3n) is 4.22. The average Bonchev–Trinajstić information content (AvgIpc) is 2.75. The molecule has 2 aromatic carbocycles. The van der Waals surface area contributed by atoms with E-state index in [-0.39, 0.29) is 17.4 Å². The summed E-state index contributed by atoms with van der Waals surface area (Å²) >= 11 is 0. The number of carbonyl (C=O) groups excluding carboxylic acids is 1. The first-order chi connectivity index (χ1) is 14.4. The zero-order valence-corrected chi connectivity index (χ0v) is 17.3. The summed E-state index contributed by atoms with van der Waals surface area (Å²) in [6, 6.07) is 18.1. The highest BCUT2D eigenvalue weighted by molar-refractivity contribution is 7.92. The molecule has 0 saturated heterocycles. The maximum atomic E-state index is 12.4. The van der Waals surface area contributed by atoms with Crippen molar-refractivity contribution in [3.8, 4) is 0 Å². The quantitative estimate of drug-likeness (QED) is 0.486. The van der Waals surface area contributed by atoms with Gasteiger partial charge in [0.15, 0.2) is 0 Å². The van der Waals surface area contributed by atoms with Gasteiger partial charge in [-0.25, -0.2) is 18.4 Å². The number of hydrogen-bond acceptors (Lipinski definition) is 6. The fraction of sp³-hybridized carbons (Fsp3) is 0.190. The molecule has 0 unspecified atom stereocenters. The molecular formula is C21H23N5O3S. The molecule has 1 amide bonds. The van der Waals surface area contributed by atoms with E-state index in [9.17, 15) is 13.2 Å². The van der Waals surface area contributed by atoms with Crippen LogP contribution in [0.15, 0.2) is 66.9 Å². The van der Waals surface area contributed by atoms with Crippen molar-refractivity contribution in [2.45, 2.75) is 13.3 Å². The lowest BCUT2D eigenvalue weighted by Gasteiger charge is -2.09. The topological polar surface area (TPSA) is 113 Å². The second-order valence-corrected chi connectivity index (χ2v) is 8.48. The van der Waals surface area contributed by atoms with Crippen LogP contribution in [0, 0.1) is 0 Å². The minimum atomic E-state index is -3.29. The molecule has 1 aromatic heterocycles. The Kier molecular flexibility index (Phi) is 6.97. The van der Waals surface area contributed by atoms with Gasteiger partial charge >= 0.3 is 0 Å². The first-order valence-electron chi connectivity index (χ1n) is 9.48. The summed E-state index contributed by atoms with van der Waals surface area (Å²) in [4.78, 5) is 20.8. The minimum Gasteiger partial charge on any atom is -0.350 e. The van der Waals surface area contributed by atoms with Crippen molar-refractivity contribution >= 4 is 33.3 Å². The van der Waals surface area contributed by atoms with Crippen molar-refractivity contribution in [2.24, 2.45) is 0 Å². The van der Waals surface area contributed by atoms with Crippen molar-refractivity contribution in [3.05, 3.63) is 78.1 Å². The number of hydrogen-bond donors (Lipinski definition) is 3. The first-order valence-corrected chi connectivity index (χ1v) is 11.1. The lowest BCUT2D eigenvalue weighted by atomic mass is 10.1. The molecule has 0 saturated carbocycles. The summed E-state index contributed by atoms with van der Waals surface area (Å²) in [6.07, 6.45) is 2.13. The molecule has 3 rings (SSSR count). The van der Waals surface area contributed by atoms with Crippen LogP contribution in [0.4, 0.5) is 17.3 Å². The minimum absolute atomic E-state index is 0.0202. The van der Waals surface area contributed by atoms with Crippen molar-refractivity contribution in [1.29, 1.82) is 0 Å². The highest BCUT2D eigenvalue weighted by Gasteiger charge is 2.09. The van der Waals surface area contributed by atoms with Gasteiger partial charge in [0.05, 0.1) is 5.75 Å². The first kappa shape index (κ1) is 21.3. The molecule has 9 heteroatoms. The molecular weight excluding hydrogens is 402 g/mol. The molecule has 1 heterocycles. The van der Waals surface area contributed by atoms with Crippen LogP contribution in [0.25, 0.3) is 0 Å². The Morgan fingerprint density at radius 1 is 0.967 bits per heavy atom. The van der Waals surface area contributed by atoms with Crippen LogP contribution in [0.2, 0.25) is 0 Å². The highest BCUT2D eigenvalue weighted by Crippen LogP contribution is 2.13. The Bertz CT molecular complexity index is 1090. The largest absolute Gasteiger partial charge is 0.350 e. The van der Waals surface area contributed by atoms with E-state index in [1.54, 1.807) is 25.1 Å². The van der Waals surface area contributed by atoms with Crippen LogP contribution in [0.5, 0.6) is 0 Å². The molecule has 0 spiro atoms. The van der Waals surface area contributed by atoms with Crippen LogP contribution in [-0.2, 0) is 16.4 Å². The van der Waals surface area contributed by atoms with E-state index in [1.165, 1.54) is 6.20 Å². The second-order valence-electron chi connectivity index (χ2n) is 6.46. The van der Waals surface area contributed by atoms with Gasteiger partial charge in [-0.1, -0.05) is 30.3 Å². The summed E-state index contributed by atoms with van der Waals surface area (Å²) in [5, 5.41) is 5.89. The van der Waals surface area contributed by atoms with E-state index in [0.717, 1.165) is 11.3 Å². The molecule has 3 N–H and O–H groups in total. The van der Waals surface area contributed by atoms with Gasteiger partial charge in [0.25, 0.3) is 5.91 Å². The normalized spacial score (nSPS) is 11.0. The number of para-hydroxylation sites is 1. The predicted molar refractivity (Wildman–Crippen MR) is 117 cm³/mol. The van der Waals surface area contributed by atoms with Gasteiger partial charge in [0.2, 0.25) is 16.0 Å². The van der Waals surface area contributed by atoms with E-state index in [0.29, 0.717) is 24.6 Å². The number of benzene rings is 2. The number of anilines is 3. The monoisotopic (exact) mass is 425 g/mol. The SMILES string of the molecule is CCS(=O)(=O)Nc1ccc(CCNC(=O)c2ccnc(Nc3ccccc3)n2)cc1. The highest BCUT2D eigenvalue weighted by atomic mass is 32.2. The number of nitrogens with zero attached hydrogens (tertiary/aromatic N) is 2. The van der Waals surface area contributed by atoms with Crippen molar-refractivity contribution in [1.82, 2.24) is 15.3 Å². The van der Waals surface area contributed by atoms with Crippen LogP contribution >= 0.6 is 0 Å². The van der Waals surface area contributed by atoms with Gasteiger partial charge in [-0.05, 0) is 49.2 Å². The van der Waals surface area contributed by atoms with Crippen LogP contribution in [0.3, 0.4) is 0 Å². The number of aromatic nitrogens is 2. The molecule has 0 aliphatic heterocycles. The van der Waals surface area contributed by atoms with E-state index in [1.807, 2.05) is 42.5 Å². The van der Waals surface area contributed by atoms with Crippen molar-refractivity contribution in [2.75, 3.05) is 22.3 Å². The van der Waals surface area contributed by atoms with Gasteiger partial charge in [-0.2, -0.15) is 0 Å². The number of nitrogens with one attached hydrogen (secondary N) is 3. The molecule has 0 aliphatic carbocycles. The summed E-state index contributed by atoms with van der Waals surface area (Å²) in [7, 11) is -3.29. The van der Waals surface area contributed by atoms with Gasteiger partial charge in [-0.15, -0.1) is 0 Å². The number of carbonyl (C=O) groups is 1. The maximum absolute atomic E-state index is 12.4. The number of rotatable bonds is 9. The third-order valence-corrected chi connectivity index (χ3v) is 5.53. The Labute approximate surface area is 175 Å². The molecule has 0 bridgehead atoms. The van der Waals surface area contributed by atoms with Gasteiger partial charge in [0, 0.05) is 24.1 Å². The standard InChI is InChI=1S/C21H23N5O3S/c1-2-30(28,29)26-18-10-8-16(9-11-18)12-14-22-20(27)19-13-15-23-21(25-19)24-17-6-4-3-5-7-17/h3-11,13,15,26H,2,12,14H2,1H3,(H,22,27)(H,23,24,25). The molecule has 0 atom stereocenters. The predicted octanol–water partition coefficient (Wildman–Crippen LogP) is 2.95. The third kappa shape index (κ3) is 6.28. The van der Waals surface area contributed by atoms with E-state index >= 15 is 0 Å². The fourth-order valence-corrected chi connectivity index (χ4v) is 3.24.